The normalized spacial score (nSPS) is 10.9. The van der Waals surface area contributed by atoms with Gasteiger partial charge in [0, 0.05) is 12.1 Å². The Morgan fingerprint density at radius 3 is 2.35 bits per heavy atom. The molecule has 2 rings (SSSR count). The minimum Gasteiger partial charge on any atom is -0.324 e. The number of carbonyl (C=O) groups is 1. The highest BCUT2D eigenvalue weighted by Crippen LogP contribution is 2.20. The lowest BCUT2D eigenvalue weighted by atomic mass is 10.0. The summed E-state index contributed by atoms with van der Waals surface area (Å²) in [7, 11) is 0. The molecule has 0 bridgehead atoms. The molecule has 0 unspecified atom stereocenters. The highest BCUT2D eigenvalue weighted by atomic mass is 16.1. The molecule has 2 aromatic rings. The Morgan fingerprint density at radius 1 is 1.13 bits per heavy atom. The summed E-state index contributed by atoms with van der Waals surface area (Å²) < 4.78 is 0. The zero-order valence-corrected chi connectivity index (χ0v) is 14.7. The molecule has 1 aromatic carbocycles. The lowest BCUT2D eigenvalue weighted by Crippen LogP contribution is -2.15. The van der Waals surface area contributed by atoms with E-state index in [2.05, 4.69) is 48.4 Å². The van der Waals surface area contributed by atoms with Crippen molar-refractivity contribution in [3.63, 3.8) is 0 Å². The maximum absolute atomic E-state index is 12.2. The van der Waals surface area contributed by atoms with Gasteiger partial charge in [0.05, 0.1) is 11.4 Å². The van der Waals surface area contributed by atoms with Gasteiger partial charge in [-0.25, -0.2) is 0 Å². The van der Waals surface area contributed by atoms with E-state index >= 15 is 0 Å². The molecule has 1 heterocycles. The van der Waals surface area contributed by atoms with Gasteiger partial charge in [0.2, 0.25) is 5.91 Å². The number of hydrogen-bond donors (Lipinski definition) is 1. The Morgan fingerprint density at radius 2 is 1.78 bits per heavy atom. The third-order valence-electron chi connectivity index (χ3n) is 4.08. The zero-order valence-electron chi connectivity index (χ0n) is 14.7. The monoisotopic (exact) mass is 310 g/mol. The van der Waals surface area contributed by atoms with Crippen molar-refractivity contribution in [1.82, 2.24) is 4.98 Å². The van der Waals surface area contributed by atoms with Crippen LogP contribution >= 0.6 is 0 Å². The van der Waals surface area contributed by atoms with Gasteiger partial charge in [-0.2, -0.15) is 0 Å². The second-order valence-electron chi connectivity index (χ2n) is 6.49. The smallest absolute Gasteiger partial charge is 0.224 e. The molecule has 0 aliphatic heterocycles. The molecule has 3 heteroatoms. The molecule has 0 radical (unpaired) electrons. The Bertz CT molecular complexity index is 664. The van der Waals surface area contributed by atoms with Crippen molar-refractivity contribution >= 4 is 11.6 Å². The van der Waals surface area contributed by atoms with Gasteiger partial charge in [-0.05, 0) is 55.9 Å². The van der Waals surface area contributed by atoms with Crippen molar-refractivity contribution in [2.45, 2.75) is 53.4 Å². The average Bonchev–Trinajstić information content (AvgIpc) is 2.49. The summed E-state index contributed by atoms with van der Waals surface area (Å²) in [5, 5.41) is 3.00. The van der Waals surface area contributed by atoms with Crippen LogP contribution < -0.4 is 5.32 Å². The van der Waals surface area contributed by atoms with Crippen molar-refractivity contribution in [3.8, 4) is 0 Å². The fourth-order valence-corrected chi connectivity index (χ4v) is 2.74. The van der Waals surface area contributed by atoms with E-state index in [0.29, 0.717) is 12.3 Å². The minimum absolute atomic E-state index is 0.0368. The van der Waals surface area contributed by atoms with Crippen LogP contribution in [0.2, 0.25) is 0 Å². The molecule has 0 fully saturated rings. The standard InChI is InChI=1S/C20H26N2O/c1-13(2)18-9-6-17(7-10-18)8-11-19(23)22-20-14(3)12-15(4)21-16(20)5/h6-7,9-10,12-13H,8,11H2,1-5H3,(H,22,23). The number of rotatable bonds is 5. The Balaban J connectivity index is 1.95. The van der Waals surface area contributed by atoms with Crippen LogP contribution in [0.15, 0.2) is 30.3 Å². The Kier molecular flexibility index (Phi) is 5.54. The lowest BCUT2D eigenvalue weighted by molar-refractivity contribution is -0.116. The maximum atomic E-state index is 12.2. The van der Waals surface area contributed by atoms with Crippen LogP contribution in [0, 0.1) is 20.8 Å². The number of nitrogens with zero attached hydrogens (tertiary/aromatic N) is 1. The zero-order chi connectivity index (χ0) is 17.0. The van der Waals surface area contributed by atoms with Crippen LogP contribution in [-0.4, -0.2) is 10.9 Å². The van der Waals surface area contributed by atoms with Crippen molar-refractivity contribution < 1.29 is 4.79 Å². The lowest BCUT2D eigenvalue weighted by Gasteiger charge is -2.12. The highest BCUT2D eigenvalue weighted by Gasteiger charge is 2.09. The quantitative estimate of drug-likeness (QED) is 0.869. The first-order valence-electron chi connectivity index (χ1n) is 8.20. The number of hydrogen-bond acceptors (Lipinski definition) is 2. The van der Waals surface area contributed by atoms with Gasteiger partial charge in [-0.3, -0.25) is 9.78 Å². The average molecular weight is 310 g/mol. The number of amides is 1. The van der Waals surface area contributed by atoms with Gasteiger partial charge < -0.3 is 5.32 Å². The van der Waals surface area contributed by atoms with Crippen LogP contribution in [0.25, 0.3) is 0 Å². The van der Waals surface area contributed by atoms with Crippen LogP contribution in [0.1, 0.15) is 54.3 Å². The number of aryl methyl sites for hydroxylation is 4. The number of aromatic nitrogens is 1. The largest absolute Gasteiger partial charge is 0.324 e. The Hall–Kier alpha value is -2.16. The van der Waals surface area contributed by atoms with E-state index in [1.165, 1.54) is 11.1 Å². The molecule has 1 N–H and O–H groups in total. The molecule has 0 saturated carbocycles. The first-order valence-corrected chi connectivity index (χ1v) is 8.20. The molecule has 1 aromatic heterocycles. The second kappa shape index (κ2) is 7.40. The van der Waals surface area contributed by atoms with E-state index in [9.17, 15) is 4.79 Å². The van der Waals surface area contributed by atoms with Gasteiger partial charge >= 0.3 is 0 Å². The Labute approximate surface area is 139 Å². The van der Waals surface area contributed by atoms with E-state index in [0.717, 1.165) is 29.1 Å². The molecule has 0 atom stereocenters. The van der Waals surface area contributed by atoms with Crippen molar-refractivity contribution in [2.24, 2.45) is 0 Å². The third-order valence-corrected chi connectivity index (χ3v) is 4.08. The predicted molar refractivity (Wildman–Crippen MR) is 95.9 cm³/mol. The molecule has 0 saturated heterocycles. The fourth-order valence-electron chi connectivity index (χ4n) is 2.74. The number of pyridine rings is 1. The van der Waals surface area contributed by atoms with Crippen molar-refractivity contribution in [2.75, 3.05) is 5.32 Å². The van der Waals surface area contributed by atoms with E-state index in [1.807, 2.05) is 26.8 Å². The first-order chi connectivity index (χ1) is 10.9. The first kappa shape index (κ1) is 17.2. The van der Waals surface area contributed by atoms with E-state index < -0.39 is 0 Å². The fraction of sp³-hybridized carbons (Fsp3) is 0.400. The number of nitrogens with one attached hydrogen (secondary N) is 1. The van der Waals surface area contributed by atoms with Crippen LogP contribution in [0.5, 0.6) is 0 Å². The number of benzene rings is 1. The van der Waals surface area contributed by atoms with Gasteiger partial charge in [0.1, 0.15) is 0 Å². The molecule has 0 spiro atoms. The summed E-state index contributed by atoms with van der Waals surface area (Å²) in [4.78, 5) is 16.6. The molecular formula is C20H26N2O. The SMILES string of the molecule is Cc1cc(C)c(NC(=O)CCc2ccc(C(C)C)cc2)c(C)n1. The number of carbonyl (C=O) groups excluding carboxylic acids is 1. The van der Waals surface area contributed by atoms with Crippen LogP contribution in [0.3, 0.4) is 0 Å². The topological polar surface area (TPSA) is 42.0 Å². The molecule has 0 aliphatic carbocycles. The predicted octanol–water partition coefficient (Wildman–Crippen LogP) is 4.70. The van der Waals surface area contributed by atoms with E-state index in [1.54, 1.807) is 0 Å². The third kappa shape index (κ3) is 4.65. The summed E-state index contributed by atoms with van der Waals surface area (Å²) >= 11 is 0. The molecule has 23 heavy (non-hydrogen) atoms. The molecule has 0 aliphatic rings. The van der Waals surface area contributed by atoms with E-state index in [-0.39, 0.29) is 5.91 Å². The molecule has 122 valence electrons. The van der Waals surface area contributed by atoms with Crippen molar-refractivity contribution in [1.29, 1.82) is 0 Å². The second-order valence-corrected chi connectivity index (χ2v) is 6.49. The van der Waals surface area contributed by atoms with Crippen molar-refractivity contribution in [3.05, 3.63) is 58.4 Å². The van der Waals surface area contributed by atoms with Gasteiger partial charge in [-0.1, -0.05) is 38.1 Å². The van der Waals surface area contributed by atoms with Gasteiger partial charge in [0.15, 0.2) is 0 Å². The summed E-state index contributed by atoms with van der Waals surface area (Å²) in [6.45, 7) is 10.3. The maximum Gasteiger partial charge on any atom is 0.224 e. The van der Waals surface area contributed by atoms with Crippen LogP contribution in [0.4, 0.5) is 5.69 Å². The summed E-state index contributed by atoms with van der Waals surface area (Å²) in [6, 6.07) is 10.5. The molecular weight excluding hydrogens is 284 g/mol. The molecule has 3 nitrogen and oxygen atoms in total. The number of anilines is 1. The summed E-state index contributed by atoms with van der Waals surface area (Å²) in [5.41, 5.74) is 6.27. The highest BCUT2D eigenvalue weighted by molar-refractivity contribution is 5.92. The summed E-state index contributed by atoms with van der Waals surface area (Å²) in [6.07, 6.45) is 1.23. The minimum atomic E-state index is 0.0368. The van der Waals surface area contributed by atoms with Crippen LogP contribution in [-0.2, 0) is 11.2 Å². The van der Waals surface area contributed by atoms with Gasteiger partial charge in [-0.15, -0.1) is 0 Å². The van der Waals surface area contributed by atoms with Gasteiger partial charge in [0.25, 0.3) is 0 Å². The summed E-state index contributed by atoms with van der Waals surface area (Å²) in [5.74, 6) is 0.571. The molecule has 1 amide bonds. The van der Waals surface area contributed by atoms with E-state index in [4.69, 9.17) is 0 Å².